The molecule has 0 unspecified atom stereocenters. The summed E-state index contributed by atoms with van der Waals surface area (Å²) in [6.45, 7) is 0.360. The van der Waals surface area contributed by atoms with Crippen molar-refractivity contribution in [3.63, 3.8) is 0 Å². The molecule has 1 fully saturated rings. The van der Waals surface area contributed by atoms with Crippen LogP contribution < -0.4 is 10.1 Å². The van der Waals surface area contributed by atoms with Crippen LogP contribution in [0.2, 0.25) is 10.0 Å². The van der Waals surface area contributed by atoms with Crippen molar-refractivity contribution >= 4 is 34.8 Å². The second-order valence-electron chi connectivity index (χ2n) is 8.71. The van der Waals surface area contributed by atoms with Crippen molar-refractivity contribution in [1.29, 1.82) is 0 Å². The maximum atomic E-state index is 13.2. The van der Waals surface area contributed by atoms with Crippen molar-refractivity contribution in [2.75, 3.05) is 18.9 Å². The van der Waals surface area contributed by atoms with Gasteiger partial charge >= 0.3 is 0 Å². The molecule has 3 atom stereocenters. The van der Waals surface area contributed by atoms with Crippen LogP contribution in [0.1, 0.15) is 22.6 Å². The number of nitrogens with one attached hydrogen (secondary N) is 1. The van der Waals surface area contributed by atoms with Gasteiger partial charge in [-0.1, -0.05) is 53.5 Å². The molecule has 1 saturated heterocycles. The smallest absolute Gasteiger partial charge is 0.256 e. The van der Waals surface area contributed by atoms with Crippen LogP contribution in [-0.2, 0) is 16.9 Å². The monoisotopic (exact) mass is 515 g/mol. The van der Waals surface area contributed by atoms with Crippen molar-refractivity contribution in [2.45, 2.75) is 24.1 Å². The number of halogens is 3. The predicted molar refractivity (Wildman–Crippen MR) is 130 cm³/mol. The fourth-order valence-corrected chi connectivity index (χ4v) is 5.86. The molecule has 0 aromatic heterocycles. The minimum atomic E-state index is -1.46. The number of ether oxygens (including phenoxy) is 1. The van der Waals surface area contributed by atoms with E-state index in [4.69, 9.17) is 27.9 Å². The molecule has 2 aliphatic rings. The van der Waals surface area contributed by atoms with Gasteiger partial charge in [-0.25, -0.2) is 4.39 Å². The first-order valence-electron chi connectivity index (χ1n) is 10.9. The van der Waals surface area contributed by atoms with Gasteiger partial charge in [-0.3, -0.25) is 19.8 Å². The Balaban J connectivity index is 1.50. The molecule has 3 aromatic carbocycles. The zero-order chi connectivity index (χ0) is 24.9. The molecule has 3 aromatic rings. The molecule has 5 rings (SSSR count). The Kier molecular flexibility index (Phi) is 5.91. The van der Waals surface area contributed by atoms with Gasteiger partial charge in [0.15, 0.2) is 11.3 Å². The van der Waals surface area contributed by atoms with Gasteiger partial charge in [0.05, 0.1) is 16.0 Å². The van der Waals surface area contributed by atoms with Gasteiger partial charge in [-0.15, -0.1) is 0 Å². The zero-order valence-corrected chi connectivity index (χ0v) is 20.0. The summed E-state index contributed by atoms with van der Waals surface area (Å²) >= 11 is 13.0. The quantitative estimate of drug-likeness (QED) is 0.371. The Morgan fingerprint density at radius 1 is 1.17 bits per heavy atom. The summed E-state index contributed by atoms with van der Waals surface area (Å²) in [7, 11) is 1.71. The van der Waals surface area contributed by atoms with Crippen LogP contribution in [0.3, 0.4) is 0 Å². The highest BCUT2D eigenvalue weighted by Gasteiger charge is 2.68. The number of nitro groups is 1. The number of likely N-dealkylation sites (tertiary alicyclic amines) is 1. The zero-order valence-electron chi connectivity index (χ0n) is 18.5. The molecule has 180 valence electrons. The molecule has 1 N–H and O–H groups in total. The fraction of sp³-hybridized carbons (Fsp3) is 0.240. The lowest BCUT2D eigenvalue weighted by Gasteiger charge is -2.30. The van der Waals surface area contributed by atoms with Crippen molar-refractivity contribution in [3.8, 4) is 5.75 Å². The van der Waals surface area contributed by atoms with Gasteiger partial charge < -0.3 is 10.1 Å². The highest BCUT2D eigenvalue weighted by Crippen LogP contribution is 2.52. The van der Waals surface area contributed by atoms with Crippen molar-refractivity contribution in [3.05, 3.63) is 103 Å². The van der Waals surface area contributed by atoms with E-state index in [2.05, 4.69) is 5.32 Å². The molecule has 2 heterocycles. The number of carbonyl (C=O) groups is 1. The van der Waals surface area contributed by atoms with Gasteiger partial charge in [-0.2, -0.15) is 0 Å². The third-order valence-corrected chi connectivity index (χ3v) is 7.35. The third-order valence-electron chi connectivity index (χ3n) is 6.79. The van der Waals surface area contributed by atoms with Gasteiger partial charge in [0.1, 0.15) is 12.4 Å². The number of likely N-dealkylation sites (N-methyl/N-ethyl adjacent to an activating group) is 1. The summed E-state index contributed by atoms with van der Waals surface area (Å²) in [5, 5.41) is 15.6. The lowest BCUT2D eigenvalue weighted by Crippen LogP contribution is -2.54. The Morgan fingerprint density at radius 2 is 1.83 bits per heavy atom. The molecule has 1 amide bonds. The highest BCUT2D eigenvalue weighted by atomic mass is 35.5. The van der Waals surface area contributed by atoms with Crippen molar-refractivity contribution in [2.24, 2.45) is 0 Å². The summed E-state index contributed by atoms with van der Waals surface area (Å²) < 4.78 is 18.9. The second kappa shape index (κ2) is 8.78. The van der Waals surface area contributed by atoms with Crippen LogP contribution in [0.5, 0.6) is 5.75 Å². The topological polar surface area (TPSA) is 84.7 Å². The molecule has 7 nitrogen and oxygen atoms in total. The number of fused-ring (bicyclic) bond motifs is 2. The number of para-hydroxylation sites is 1. The van der Waals surface area contributed by atoms with Gasteiger partial charge in [0, 0.05) is 22.7 Å². The van der Waals surface area contributed by atoms with Crippen LogP contribution >= 0.6 is 23.2 Å². The highest BCUT2D eigenvalue weighted by molar-refractivity contribution is 6.37. The van der Waals surface area contributed by atoms with E-state index >= 15 is 0 Å². The Morgan fingerprint density at radius 3 is 2.49 bits per heavy atom. The fourth-order valence-electron chi connectivity index (χ4n) is 5.25. The second-order valence-corrected chi connectivity index (χ2v) is 9.53. The third kappa shape index (κ3) is 3.73. The maximum Gasteiger partial charge on any atom is 0.256 e. The number of carbonyl (C=O) groups excluding carboxylic acids is 1. The van der Waals surface area contributed by atoms with Crippen molar-refractivity contribution in [1.82, 2.24) is 4.90 Å². The summed E-state index contributed by atoms with van der Waals surface area (Å²) in [6, 6.07) is 14.8. The Labute approximate surface area is 210 Å². The number of hydrogen-bond acceptors (Lipinski definition) is 5. The molecule has 0 aliphatic carbocycles. The molecular weight excluding hydrogens is 496 g/mol. The number of benzene rings is 3. The van der Waals surface area contributed by atoms with Gasteiger partial charge in [-0.05, 0) is 48.5 Å². The van der Waals surface area contributed by atoms with E-state index < -0.39 is 28.3 Å². The summed E-state index contributed by atoms with van der Waals surface area (Å²) in [6.07, 6.45) is 0. The molecule has 0 saturated carbocycles. The van der Waals surface area contributed by atoms with E-state index in [9.17, 15) is 19.3 Å². The normalized spacial score (nSPS) is 23.4. The van der Waals surface area contributed by atoms with E-state index in [0.717, 1.165) is 5.56 Å². The van der Waals surface area contributed by atoms with Crippen LogP contribution in [-0.4, -0.2) is 35.4 Å². The van der Waals surface area contributed by atoms with Crippen molar-refractivity contribution < 1.29 is 18.8 Å². The Hall–Kier alpha value is -3.20. The summed E-state index contributed by atoms with van der Waals surface area (Å²) in [5.41, 5.74) is 0.949. The molecule has 35 heavy (non-hydrogen) atoms. The van der Waals surface area contributed by atoms with Gasteiger partial charge in [0.2, 0.25) is 0 Å². The number of rotatable bonds is 5. The van der Waals surface area contributed by atoms with E-state index in [1.165, 1.54) is 12.1 Å². The minimum Gasteiger partial charge on any atom is -0.486 e. The molecule has 2 aliphatic heterocycles. The number of nitrogens with zero attached hydrogens (tertiary/aromatic N) is 2. The lowest BCUT2D eigenvalue weighted by atomic mass is 9.79. The maximum absolute atomic E-state index is 13.2. The largest absolute Gasteiger partial charge is 0.486 e. The SMILES string of the molecule is CN1C[C@H](c2cc(Cl)c(OCc3ccc(F)cc3)c(Cl)c2)[C@H]([N+](=O)[O-])[C@]12C(=O)Nc1ccccc12. The minimum absolute atomic E-state index is 0.114. The predicted octanol–water partition coefficient (Wildman–Crippen LogP) is 5.23. The number of amides is 1. The van der Waals surface area contributed by atoms with E-state index in [1.54, 1.807) is 60.5 Å². The van der Waals surface area contributed by atoms with Gasteiger partial charge in [0.25, 0.3) is 11.9 Å². The first kappa shape index (κ1) is 23.5. The summed E-state index contributed by atoms with van der Waals surface area (Å²) in [4.78, 5) is 27.0. The van der Waals surface area contributed by atoms with Crippen LogP contribution in [0.4, 0.5) is 10.1 Å². The molecule has 10 heteroatoms. The standard InChI is InChI=1S/C25H20Cl2FN3O4/c1-30-12-17(23(31(33)34)25(30)18-4-2-3-5-21(18)29-24(25)32)15-10-19(26)22(20(27)11-15)35-13-14-6-8-16(28)9-7-14/h2-11,17,23H,12-13H2,1H3,(H,29,32)/t17-,23+,25-/m1/s1. The molecule has 0 bridgehead atoms. The van der Waals surface area contributed by atoms with E-state index in [1.807, 2.05) is 0 Å². The number of hydrogen-bond donors (Lipinski definition) is 1. The Bertz CT molecular complexity index is 1310. The van der Waals surface area contributed by atoms with Crippen LogP contribution in [0.15, 0.2) is 60.7 Å². The van der Waals surface area contributed by atoms with Crippen LogP contribution in [0, 0.1) is 15.9 Å². The average Bonchev–Trinajstić information content (AvgIpc) is 3.29. The van der Waals surface area contributed by atoms with E-state index in [0.29, 0.717) is 16.8 Å². The molecular formula is C25H20Cl2FN3O4. The van der Waals surface area contributed by atoms with Crippen LogP contribution in [0.25, 0.3) is 0 Å². The first-order chi connectivity index (χ1) is 16.7. The number of anilines is 1. The van der Waals surface area contributed by atoms with E-state index in [-0.39, 0.29) is 34.8 Å². The summed E-state index contributed by atoms with van der Waals surface area (Å²) in [5.74, 6) is -1.22. The molecule has 0 radical (unpaired) electrons. The average molecular weight is 516 g/mol. The molecule has 1 spiro atoms. The lowest BCUT2D eigenvalue weighted by molar-refractivity contribution is -0.534. The first-order valence-corrected chi connectivity index (χ1v) is 11.6.